The van der Waals surface area contributed by atoms with Crippen molar-refractivity contribution >= 4 is 29.4 Å². The first-order valence-corrected chi connectivity index (χ1v) is 9.56. The van der Waals surface area contributed by atoms with Crippen LogP contribution in [0.25, 0.3) is 0 Å². The van der Waals surface area contributed by atoms with Gasteiger partial charge in [0.1, 0.15) is 11.9 Å². The molecule has 1 fully saturated rings. The third kappa shape index (κ3) is 4.15. The summed E-state index contributed by atoms with van der Waals surface area (Å²) in [6, 6.07) is 8.63. The minimum atomic E-state index is -1.33. The van der Waals surface area contributed by atoms with Crippen LogP contribution in [0.2, 0.25) is 0 Å². The molecule has 1 atom stereocenters. The van der Waals surface area contributed by atoms with Crippen LogP contribution < -0.4 is 14.4 Å². The van der Waals surface area contributed by atoms with E-state index in [1.54, 1.807) is 18.2 Å². The smallest absolute Gasteiger partial charge is 0.328 e. The average Bonchev–Trinajstić information content (AvgIpc) is 3.34. The summed E-state index contributed by atoms with van der Waals surface area (Å²) in [5, 5.41) is 8.86. The predicted molar refractivity (Wildman–Crippen MR) is 107 cm³/mol. The van der Waals surface area contributed by atoms with Crippen LogP contribution in [-0.2, 0) is 25.7 Å². The van der Waals surface area contributed by atoms with E-state index in [1.807, 2.05) is 0 Å². The van der Waals surface area contributed by atoms with E-state index in [2.05, 4.69) is 0 Å². The molecule has 10 heteroatoms. The first-order valence-electron chi connectivity index (χ1n) is 9.56. The van der Waals surface area contributed by atoms with Crippen molar-refractivity contribution in [2.75, 3.05) is 11.7 Å². The molecule has 0 aliphatic carbocycles. The van der Waals surface area contributed by atoms with Gasteiger partial charge in [0.05, 0.1) is 12.1 Å². The molecule has 2 aromatic carbocycles. The van der Waals surface area contributed by atoms with Crippen molar-refractivity contribution in [2.24, 2.45) is 0 Å². The molecule has 4 rings (SSSR count). The highest BCUT2D eigenvalue weighted by Gasteiger charge is 2.44. The van der Waals surface area contributed by atoms with Crippen molar-refractivity contribution in [3.05, 3.63) is 66.0 Å². The van der Waals surface area contributed by atoms with Crippen LogP contribution in [0.15, 0.2) is 54.6 Å². The van der Waals surface area contributed by atoms with Gasteiger partial charge in [0.25, 0.3) is 5.91 Å². The molecule has 3 amide bonds. The molecule has 1 N–H and O–H groups in total. The van der Waals surface area contributed by atoms with E-state index in [0.29, 0.717) is 23.1 Å². The van der Waals surface area contributed by atoms with E-state index < -0.39 is 35.5 Å². The van der Waals surface area contributed by atoms with Gasteiger partial charge >= 0.3 is 5.97 Å². The van der Waals surface area contributed by atoms with E-state index in [0.717, 1.165) is 28.0 Å². The summed E-state index contributed by atoms with van der Waals surface area (Å²) in [5.74, 6) is -2.83. The number of nitrogens with zero attached hydrogens (tertiary/aromatic N) is 2. The van der Waals surface area contributed by atoms with Gasteiger partial charge in [0.15, 0.2) is 11.5 Å². The summed E-state index contributed by atoms with van der Waals surface area (Å²) in [6.07, 6.45) is 1.19. The number of carboxylic acid groups (broad SMARTS) is 1. The molecule has 1 saturated heterocycles. The van der Waals surface area contributed by atoms with E-state index in [4.69, 9.17) is 14.6 Å². The Bertz CT molecular complexity index is 1130. The second-order valence-corrected chi connectivity index (χ2v) is 7.09. The minimum Gasteiger partial charge on any atom is -0.478 e. The predicted octanol–water partition coefficient (Wildman–Crippen LogP) is 1.86. The Morgan fingerprint density at radius 1 is 1.09 bits per heavy atom. The number of rotatable bonds is 6. The topological polar surface area (TPSA) is 113 Å². The van der Waals surface area contributed by atoms with Crippen molar-refractivity contribution in [3.63, 3.8) is 0 Å². The highest BCUT2D eigenvalue weighted by Crippen LogP contribution is 2.34. The number of aliphatic carboxylic acids is 1. The second kappa shape index (κ2) is 8.50. The Balaban J connectivity index is 1.64. The molecule has 32 heavy (non-hydrogen) atoms. The van der Waals surface area contributed by atoms with Crippen molar-refractivity contribution in [2.45, 2.75) is 19.0 Å². The van der Waals surface area contributed by atoms with Crippen molar-refractivity contribution in [1.29, 1.82) is 0 Å². The number of benzene rings is 2. The number of hydrogen-bond donors (Lipinski definition) is 1. The number of imide groups is 1. The summed E-state index contributed by atoms with van der Waals surface area (Å²) < 4.78 is 23.8. The normalized spacial score (nSPS) is 17.3. The second-order valence-electron chi connectivity index (χ2n) is 7.09. The molecule has 0 aromatic heterocycles. The Labute approximate surface area is 181 Å². The molecule has 0 radical (unpaired) electrons. The van der Waals surface area contributed by atoms with E-state index in [-0.39, 0.29) is 25.4 Å². The first kappa shape index (κ1) is 21.0. The maximum absolute atomic E-state index is 13.2. The molecular formula is C22H17FN2O7. The monoisotopic (exact) mass is 440 g/mol. The lowest BCUT2D eigenvalue weighted by Crippen LogP contribution is -2.44. The lowest BCUT2D eigenvalue weighted by atomic mass is 10.1. The molecule has 2 aliphatic heterocycles. The van der Waals surface area contributed by atoms with E-state index >= 15 is 0 Å². The quantitative estimate of drug-likeness (QED) is 0.539. The number of carbonyl (C=O) groups excluding carboxylic acids is 3. The zero-order chi connectivity index (χ0) is 22.8. The van der Waals surface area contributed by atoms with Gasteiger partial charge in [0.2, 0.25) is 18.6 Å². The standard InChI is InChI=1S/C22H17FN2O7/c23-14-2-4-15(5-3-14)25-20(27)10-16(22(25)30)24(19(26)7-8-21(28)29)11-13-1-6-17-18(9-13)32-12-31-17/h1-9,16H,10-12H2,(H,28,29)/b8-7+/t16-/m1/s1. The van der Waals surface area contributed by atoms with E-state index in [1.165, 1.54) is 12.1 Å². The molecule has 0 saturated carbocycles. The fraction of sp³-hybridized carbons (Fsp3) is 0.182. The number of fused-ring (bicyclic) bond motifs is 1. The number of amides is 3. The van der Waals surface area contributed by atoms with Gasteiger partial charge in [-0.1, -0.05) is 6.07 Å². The molecule has 0 bridgehead atoms. The Morgan fingerprint density at radius 3 is 2.53 bits per heavy atom. The van der Waals surface area contributed by atoms with Crippen molar-refractivity contribution < 1.29 is 38.1 Å². The van der Waals surface area contributed by atoms with Crippen LogP contribution >= 0.6 is 0 Å². The van der Waals surface area contributed by atoms with Crippen LogP contribution in [0, 0.1) is 5.82 Å². The highest BCUT2D eigenvalue weighted by molar-refractivity contribution is 6.23. The van der Waals surface area contributed by atoms with Gasteiger partial charge in [0, 0.05) is 18.7 Å². The van der Waals surface area contributed by atoms with Gasteiger partial charge in [-0.05, 0) is 42.0 Å². The fourth-order valence-corrected chi connectivity index (χ4v) is 3.54. The summed E-state index contributed by atoms with van der Waals surface area (Å²) in [4.78, 5) is 51.4. The summed E-state index contributed by atoms with van der Waals surface area (Å²) in [7, 11) is 0. The number of halogens is 1. The number of ether oxygens (including phenoxy) is 2. The Morgan fingerprint density at radius 2 is 1.81 bits per heavy atom. The van der Waals surface area contributed by atoms with Gasteiger partial charge in [-0.2, -0.15) is 0 Å². The van der Waals surface area contributed by atoms with Gasteiger partial charge in [-0.3, -0.25) is 14.4 Å². The molecule has 164 valence electrons. The Kier molecular flexibility index (Phi) is 5.59. The van der Waals surface area contributed by atoms with Gasteiger partial charge in [-0.15, -0.1) is 0 Å². The molecule has 2 heterocycles. The summed E-state index contributed by atoms with van der Waals surface area (Å²) in [6.45, 7) is -0.0224. The fourth-order valence-electron chi connectivity index (χ4n) is 3.54. The average molecular weight is 440 g/mol. The number of carboxylic acids is 1. The van der Waals surface area contributed by atoms with Crippen LogP contribution in [0.5, 0.6) is 11.5 Å². The first-order chi connectivity index (χ1) is 15.3. The minimum absolute atomic E-state index is 0.0605. The zero-order valence-corrected chi connectivity index (χ0v) is 16.6. The van der Waals surface area contributed by atoms with E-state index in [9.17, 15) is 23.6 Å². The van der Waals surface area contributed by atoms with Crippen LogP contribution in [-0.4, -0.2) is 46.5 Å². The maximum Gasteiger partial charge on any atom is 0.328 e. The molecular weight excluding hydrogens is 423 g/mol. The third-order valence-electron chi connectivity index (χ3n) is 5.03. The molecule has 0 spiro atoms. The van der Waals surface area contributed by atoms with Gasteiger partial charge in [-0.25, -0.2) is 14.1 Å². The third-order valence-corrected chi connectivity index (χ3v) is 5.03. The summed E-state index contributed by atoms with van der Waals surface area (Å²) >= 11 is 0. The molecule has 2 aromatic rings. The van der Waals surface area contributed by atoms with Crippen molar-refractivity contribution in [1.82, 2.24) is 4.90 Å². The number of hydrogen-bond acceptors (Lipinski definition) is 6. The SMILES string of the molecule is O=C(O)/C=C/C(=O)N(Cc1ccc2c(c1)OCO2)[C@@H]1CC(=O)N(c2ccc(F)cc2)C1=O. The largest absolute Gasteiger partial charge is 0.478 e. The summed E-state index contributed by atoms with van der Waals surface area (Å²) in [5.41, 5.74) is 0.771. The lowest BCUT2D eigenvalue weighted by molar-refractivity contribution is -0.135. The van der Waals surface area contributed by atoms with Crippen LogP contribution in [0.4, 0.5) is 10.1 Å². The maximum atomic E-state index is 13.2. The number of carbonyl (C=O) groups is 4. The van der Waals surface area contributed by atoms with Crippen molar-refractivity contribution in [3.8, 4) is 11.5 Å². The lowest BCUT2D eigenvalue weighted by Gasteiger charge is -2.26. The van der Waals surface area contributed by atoms with Crippen LogP contribution in [0.1, 0.15) is 12.0 Å². The number of anilines is 1. The van der Waals surface area contributed by atoms with Gasteiger partial charge < -0.3 is 19.5 Å². The Hall–Kier alpha value is -4.21. The highest BCUT2D eigenvalue weighted by atomic mass is 19.1. The molecule has 2 aliphatic rings. The molecule has 0 unspecified atom stereocenters. The molecule has 9 nitrogen and oxygen atoms in total. The van der Waals surface area contributed by atoms with Crippen LogP contribution in [0.3, 0.4) is 0 Å². The zero-order valence-electron chi connectivity index (χ0n) is 16.6.